The molecule has 0 fully saturated rings. The standard InChI is InChI=1S/C13H6Cl2F4N2S/c14-5-1-2-9(6(15)3-5)20-13(22)21-12-10(18)7(16)4-8(17)11(12)19/h1-4H,(H2,20,21,22). The van der Waals surface area contributed by atoms with Gasteiger partial charge in [0.25, 0.3) is 0 Å². The van der Waals surface area contributed by atoms with Gasteiger partial charge in [-0.05, 0) is 30.4 Å². The molecule has 2 aromatic carbocycles. The zero-order chi connectivity index (χ0) is 16.4. The van der Waals surface area contributed by atoms with Crippen LogP contribution >= 0.6 is 35.4 Å². The Balaban J connectivity index is 2.23. The Morgan fingerprint density at radius 2 is 1.50 bits per heavy atom. The lowest BCUT2D eigenvalue weighted by atomic mass is 10.2. The van der Waals surface area contributed by atoms with Crippen LogP contribution in [0.2, 0.25) is 10.0 Å². The van der Waals surface area contributed by atoms with Crippen molar-refractivity contribution in [2.75, 3.05) is 10.6 Å². The summed E-state index contributed by atoms with van der Waals surface area (Å²) in [6.45, 7) is 0. The Kier molecular flexibility index (Phi) is 5.10. The Hall–Kier alpha value is -1.57. The highest BCUT2D eigenvalue weighted by Gasteiger charge is 2.20. The molecule has 0 aromatic heterocycles. The molecule has 0 atom stereocenters. The van der Waals surface area contributed by atoms with E-state index < -0.39 is 29.0 Å². The number of anilines is 2. The van der Waals surface area contributed by atoms with E-state index in [4.69, 9.17) is 35.4 Å². The smallest absolute Gasteiger partial charge is 0.185 e. The molecular weight excluding hydrogens is 363 g/mol. The first-order valence-corrected chi connectivity index (χ1v) is 6.82. The van der Waals surface area contributed by atoms with Gasteiger partial charge < -0.3 is 10.6 Å². The molecule has 0 radical (unpaired) electrons. The van der Waals surface area contributed by atoms with Crippen molar-refractivity contribution >= 4 is 51.9 Å². The van der Waals surface area contributed by atoms with Crippen LogP contribution in [0.4, 0.5) is 28.9 Å². The third-order valence-electron chi connectivity index (χ3n) is 2.53. The Bertz CT molecular complexity index is 729. The van der Waals surface area contributed by atoms with E-state index in [1.54, 1.807) is 0 Å². The maximum atomic E-state index is 13.5. The molecule has 0 saturated carbocycles. The fraction of sp³-hybridized carbons (Fsp3) is 0. The highest BCUT2D eigenvalue weighted by atomic mass is 35.5. The van der Waals surface area contributed by atoms with Crippen LogP contribution < -0.4 is 10.6 Å². The average molecular weight is 369 g/mol. The van der Waals surface area contributed by atoms with Crippen LogP contribution in [0.15, 0.2) is 24.3 Å². The molecular formula is C13H6Cl2F4N2S. The minimum absolute atomic E-state index is 0.0996. The molecule has 0 heterocycles. The molecule has 0 amide bonds. The molecule has 0 saturated heterocycles. The minimum atomic E-state index is -1.59. The summed E-state index contributed by atoms with van der Waals surface area (Å²) in [6, 6.07) is 4.48. The van der Waals surface area contributed by atoms with Crippen LogP contribution in [-0.4, -0.2) is 5.11 Å². The first-order valence-electron chi connectivity index (χ1n) is 5.65. The molecule has 0 bridgehead atoms. The number of benzene rings is 2. The lowest BCUT2D eigenvalue weighted by molar-refractivity contribution is 0.459. The van der Waals surface area contributed by atoms with E-state index in [9.17, 15) is 17.6 Å². The molecule has 0 aliphatic heterocycles. The predicted molar refractivity (Wildman–Crippen MR) is 82.6 cm³/mol. The minimum Gasteiger partial charge on any atom is -0.331 e. The van der Waals surface area contributed by atoms with E-state index in [1.807, 2.05) is 5.32 Å². The molecule has 2 aromatic rings. The third-order valence-corrected chi connectivity index (χ3v) is 3.28. The molecule has 0 spiro atoms. The van der Waals surface area contributed by atoms with E-state index in [2.05, 4.69) is 5.32 Å². The van der Waals surface area contributed by atoms with E-state index in [0.717, 1.165) is 0 Å². The number of halogens is 6. The van der Waals surface area contributed by atoms with Gasteiger partial charge in [0.1, 0.15) is 5.69 Å². The van der Waals surface area contributed by atoms with Gasteiger partial charge in [-0.1, -0.05) is 23.2 Å². The van der Waals surface area contributed by atoms with E-state index in [-0.39, 0.29) is 16.2 Å². The van der Waals surface area contributed by atoms with Crippen LogP contribution in [0, 0.1) is 23.3 Å². The van der Waals surface area contributed by atoms with Gasteiger partial charge in [0.2, 0.25) is 0 Å². The molecule has 0 unspecified atom stereocenters. The van der Waals surface area contributed by atoms with Crippen LogP contribution in [0.25, 0.3) is 0 Å². The van der Waals surface area contributed by atoms with Gasteiger partial charge in [-0.3, -0.25) is 0 Å². The summed E-state index contributed by atoms with van der Waals surface area (Å²) < 4.78 is 53.2. The molecule has 9 heteroatoms. The van der Waals surface area contributed by atoms with Crippen molar-refractivity contribution in [2.24, 2.45) is 0 Å². The fourth-order valence-corrected chi connectivity index (χ4v) is 2.21. The van der Waals surface area contributed by atoms with E-state index >= 15 is 0 Å². The summed E-state index contributed by atoms with van der Waals surface area (Å²) in [7, 11) is 0. The number of thiocarbonyl (C=S) groups is 1. The second-order valence-corrected chi connectivity index (χ2v) is 5.30. The van der Waals surface area contributed by atoms with E-state index in [1.165, 1.54) is 18.2 Å². The lowest BCUT2D eigenvalue weighted by Gasteiger charge is -2.13. The molecule has 2 N–H and O–H groups in total. The molecule has 116 valence electrons. The molecule has 2 nitrogen and oxygen atoms in total. The SMILES string of the molecule is Fc1cc(F)c(F)c(NC(=S)Nc2ccc(Cl)cc2Cl)c1F. The Labute approximate surface area is 138 Å². The van der Waals surface area contributed by atoms with Crippen LogP contribution in [-0.2, 0) is 0 Å². The number of nitrogens with one attached hydrogen (secondary N) is 2. The van der Waals surface area contributed by atoms with Crippen molar-refractivity contribution in [2.45, 2.75) is 0 Å². The van der Waals surface area contributed by atoms with Crippen molar-refractivity contribution in [3.05, 3.63) is 57.6 Å². The first-order chi connectivity index (χ1) is 10.3. The highest BCUT2D eigenvalue weighted by molar-refractivity contribution is 7.80. The molecule has 2 rings (SSSR count). The van der Waals surface area contributed by atoms with Gasteiger partial charge in [-0.25, -0.2) is 17.6 Å². The van der Waals surface area contributed by atoms with Crippen LogP contribution in [0.5, 0.6) is 0 Å². The molecule has 22 heavy (non-hydrogen) atoms. The summed E-state index contributed by atoms with van der Waals surface area (Å²) in [5.41, 5.74) is -0.749. The summed E-state index contributed by atoms with van der Waals surface area (Å²) in [4.78, 5) is 0. The lowest BCUT2D eigenvalue weighted by Crippen LogP contribution is -2.21. The Morgan fingerprint density at radius 3 is 2.05 bits per heavy atom. The zero-order valence-corrected chi connectivity index (χ0v) is 12.8. The van der Waals surface area contributed by atoms with Crippen molar-refractivity contribution in [1.82, 2.24) is 0 Å². The summed E-state index contributed by atoms with van der Waals surface area (Å²) in [5, 5.41) is 4.84. The summed E-state index contributed by atoms with van der Waals surface area (Å²) in [6.07, 6.45) is 0. The average Bonchev–Trinajstić information content (AvgIpc) is 2.44. The number of hydrogen-bond donors (Lipinski definition) is 2. The quantitative estimate of drug-likeness (QED) is 0.424. The molecule has 0 aliphatic rings. The van der Waals surface area contributed by atoms with E-state index in [0.29, 0.717) is 10.7 Å². The topological polar surface area (TPSA) is 24.1 Å². The normalized spacial score (nSPS) is 10.5. The predicted octanol–water partition coefficient (Wildman–Crippen LogP) is 5.36. The van der Waals surface area contributed by atoms with Crippen molar-refractivity contribution < 1.29 is 17.6 Å². The van der Waals surface area contributed by atoms with Crippen molar-refractivity contribution in [3.63, 3.8) is 0 Å². The van der Waals surface area contributed by atoms with Gasteiger partial charge in [0, 0.05) is 11.1 Å². The number of rotatable bonds is 2. The second-order valence-electron chi connectivity index (χ2n) is 4.05. The largest absolute Gasteiger partial charge is 0.331 e. The van der Waals surface area contributed by atoms with Crippen molar-refractivity contribution in [1.29, 1.82) is 0 Å². The summed E-state index contributed by atoms with van der Waals surface area (Å²) in [5.74, 6) is -6.28. The first kappa shape index (κ1) is 16.8. The second kappa shape index (κ2) is 6.68. The third kappa shape index (κ3) is 3.60. The van der Waals surface area contributed by atoms with Gasteiger partial charge >= 0.3 is 0 Å². The van der Waals surface area contributed by atoms with Gasteiger partial charge in [0.15, 0.2) is 28.4 Å². The highest BCUT2D eigenvalue weighted by Crippen LogP contribution is 2.27. The van der Waals surface area contributed by atoms with Gasteiger partial charge in [0.05, 0.1) is 10.7 Å². The monoisotopic (exact) mass is 368 g/mol. The zero-order valence-electron chi connectivity index (χ0n) is 10.5. The van der Waals surface area contributed by atoms with Gasteiger partial charge in [-0.15, -0.1) is 0 Å². The number of hydrogen-bond acceptors (Lipinski definition) is 1. The van der Waals surface area contributed by atoms with Crippen LogP contribution in [0.1, 0.15) is 0 Å². The Morgan fingerprint density at radius 1 is 0.909 bits per heavy atom. The fourth-order valence-electron chi connectivity index (χ4n) is 1.54. The molecule has 0 aliphatic carbocycles. The van der Waals surface area contributed by atoms with Crippen LogP contribution in [0.3, 0.4) is 0 Å². The maximum Gasteiger partial charge on any atom is 0.185 e. The van der Waals surface area contributed by atoms with Gasteiger partial charge in [-0.2, -0.15) is 0 Å². The van der Waals surface area contributed by atoms with Crippen molar-refractivity contribution in [3.8, 4) is 0 Å². The summed E-state index contributed by atoms with van der Waals surface area (Å²) >= 11 is 16.4. The maximum absolute atomic E-state index is 13.5.